The second kappa shape index (κ2) is 6.98. The Hall–Kier alpha value is -0.770. The van der Waals surface area contributed by atoms with Gasteiger partial charge in [0.2, 0.25) is 0 Å². The first-order valence-electron chi connectivity index (χ1n) is 6.74. The minimum Gasteiger partial charge on any atom is -0.490 e. The van der Waals surface area contributed by atoms with E-state index in [1.807, 2.05) is 18.3 Å². The van der Waals surface area contributed by atoms with Crippen LogP contribution in [0.3, 0.4) is 0 Å². The molecule has 0 spiro atoms. The average Bonchev–Trinajstić information content (AvgIpc) is 2.86. The van der Waals surface area contributed by atoms with Gasteiger partial charge in [0.05, 0.1) is 6.61 Å². The van der Waals surface area contributed by atoms with Crippen molar-refractivity contribution in [3.05, 3.63) is 18.3 Å². The van der Waals surface area contributed by atoms with E-state index in [-0.39, 0.29) is 0 Å². The highest BCUT2D eigenvalue weighted by atomic mass is 79.9. The number of halogens is 1. The van der Waals surface area contributed by atoms with Gasteiger partial charge in [-0.3, -0.25) is 0 Å². The Morgan fingerprint density at radius 1 is 1.56 bits per heavy atom. The van der Waals surface area contributed by atoms with Crippen LogP contribution in [0.25, 0.3) is 0 Å². The summed E-state index contributed by atoms with van der Waals surface area (Å²) in [5.41, 5.74) is 0. The van der Waals surface area contributed by atoms with Crippen LogP contribution in [-0.2, 0) is 0 Å². The van der Waals surface area contributed by atoms with Gasteiger partial charge < -0.3 is 9.64 Å². The summed E-state index contributed by atoms with van der Waals surface area (Å²) in [6, 6.07) is 3.97. The molecule has 2 rings (SSSR count). The number of alkyl halides is 1. The topological polar surface area (TPSA) is 25.4 Å². The second-order valence-electron chi connectivity index (χ2n) is 4.75. The summed E-state index contributed by atoms with van der Waals surface area (Å²) in [6.07, 6.45) is 5.39. The normalized spacial score (nSPS) is 19.2. The van der Waals surface area contributed by atoms with Gasteiger partial charge >= 0.3 is 0 Å². The Balaban J connectivity index is 2.04. The van der Waals surface area contributed by atoms with E-state index in [9.17, 15) is 0 Å². The van der Waals surface area contributed by atoms with E-state index in [0.717, 1.165) is 48.9 Å². The maximum atomic E-state index is 5.78. The summed E-state index contributed by atoms with van der Waals surface area (Å²) in [6.45, 7) is 5.08. The predicted octanol–water partition coefficient (Wildman–Crippen LogP) is 3.48. The Morgan fingerprint density at radius 3 is 3.22 bits per heavy atom. The molecule has 3 nitrogen and oxygen atoms in total. The van der Waals surface area contributed by atoms with Gasteiger partial charge in [0.1, 0.15) is 0 Å². The van der Waals surface area contributed by atoms with Crippen molar-refractivity contribution in [2.75, 3.05) is 29.9 Å². The number of ether oxygens (including phenoxy) is 1. The molecule has 1 aliphatic rings. The number of anilines is 1. The van der Waals surface area contributed by atoms with Crippen LogP contribution >= 0.6 is 15.9 Å². The molecule has 2 heterocycles. The monoisotopic (exact) mass is 312 g/mol. The molecular formula is C14H21BrN2O. The summed E-state index contributed by atoms with van der Waals surface area (Å²) in [4.78, 5) is 6.86. The number of aromatic nitrogens is 1. The summed E-state index contributed by atoms with van der Waals surface area (Å²) in [5.74, 6) is 2.73. The van der Waals surface area contributed by atoms with Crippen LogP contribution < -0.4 is 9.64 Å². The molecule has 0 saturated carbocycles. The number of pyridine rings is 1. The Morgan fingerprint density at radius 2 is 2.44 bits per heavy atom. The first-order chi connectivity index (χ1) is 8.85. The van der Waals surface area contributed by atoms with E-state index in [0.29, 0.717) is 0 Å². The molecule has 1 fully saturated rings. The van der Waals surface area contributed by atoms with Gasteiger partial charge in [-0.1, -0.05) is 22.9 Å². The molecule has 100 valence electrons. The van der Waals surface area contributed by atoms with E-state index in [1.165, 1.54) is 12.8 Å². The molecule has 1 unspecified atom stereocenters. The number of nitrogens with zero attached hydrogens (tertiary/aromatic N) is 2. The molecular weight excluding hydrogens is 292 g/mol. The minimum absolute atomic E-state index is 0.761. The van der Waals surface area contributed by atoms with Crippen molar-refractivity contribution in [2.45, 2.75) is 26.2 Å². The van der Waals surface area contributed by atoms with E-state index in [4.69, 9.17) is 4.74 Å². The Labute approximate surface area is 118 Å². The van der Waals surface area contributed by atoms with Crippen LogP contribution in [-0.4, -0.2) is 30.0 Å². The fourth-order valence-electron chi connectivity index (χ4n) is 2.36. The van der Waals surface area contributed by atoms with Gasteiger partial charge in [-0.2, -0.15) is 0 Å². The van der Waals surface area contributed by atoms with Crippen LogP contribution in [0, 0.1) is 5.92 Å². The standard InChI is InChI=1S/C14H21BrN2O/c1-2-10-18-13-4-3-8-16-14(13)17-9-6-12(11-17)5-7-15/h3-4,8,12H,2,5-7,9-11H2,1H3. The lowest BCUT2D eigenvalue weighted by Gasteiger charge is -2.20. The van der Waals surface area contributed by atoms with Crippen molar-refractivity contribution in [1.29, 1.82) is 0 Å². The van der Waals surface area contributed by atoms with Crippen LogP contribution in [0.2, 0.25) is 0 Å². The van der Waals surface area contributed by atoms with Gasteiger partial charge in [0.15, 0.2) is 11.6 Å². The lowest BCUT2D eigenvalue weighted by atomic mass is 10.1. The lowest BCUT2D eigenvalue weighted by Crippen LogP contribution is -2.21. The first kappa shape index (κ1) is 13.7. The summed E-state index contributed by atoms with van der Waals surface area (Å²) in [7, 11) is 0. The molecule has 0 N–H and O–H groups in total. The minimum atomic E-state index is 0.761. The molecule has 0 aromatic carbocycles. The first-order valence-corrected chi connectivity index (χ1v) is 7.86. The maximum absolute atomic E-state index is 5.78. The predicted molar refractivity (Wildman–Crippen MR) is 78.8 cm³/mol. The zero-order chi connectivity index (χ0) is 12.8. The van der Waals surface area contributed by atoms with Gasteiger partial charge in [-0.15, -0.1) is 0 Å². The fraction of sp³-hybridized carbons (Fsp3) is 0.643. The Kier molecular flexibility index (Phi) is 5.29. The maximum Gasteiger partial charge on any atom is 0.171 e. The highest BCUT2D eigenvalue weighted by Crippen LogP contribution is 2.31. The SMILES string of the molecule is CCCOc1cccnc1N1CCC(CCBr)C1. The number of rotatable bonds is 6. The van der Waals surface area contributed by atoms with Gasteiger partial charge in [0.25, 0.3) is 0 Å². The molecule has 1 saturated heterocycles. The molecule has 1 atom stereocenters. The number of hydrogen-bond donors (Lipinski definition) is 0. The summed E-state index contributed by atoms with van der Waals surface area (Å²) < 4.78 is 5.78. The zero-order valence-corrected chi connectivity index (χ0v) is 12.5. The molecule has 4 heteroatoms. The third-order valence-electron chi connectivity index (χ3n) is 3.32. The summed E-state index contributed by atoms with van der Waals surface area (Å²) >= 11 is 3.53. The molecule has 0 amide bonds. The van der Waals surface area contributed by atoms with E-state index in [1.54, 1.807) is 0 Å². The highest BCUT2D eigenvalue weighted by Gasteiger charge is 2.24. The summed E-state index contributed by atoms with van der Waals surface area (Å²) in [5, 5.41) is 1.09. The molecule has 1 aromatic heterocycles. The third-order valence-corrected chi connectivity index (χ3v) is 3.77. The zero-order valence-electron chi connectivity index (χ0n) is 10.9. The largest absolute Gasteiger partial charge is 0.490 e. The van der Waals surface area contributed by atoms with Crippen LogP contribution in [0.5, 0.6) is 5.75 Å². The smallest absolute Gasteiger partial charge is 0.171 e. The average molecular weight is 313 g/mol. The van der Waals surface area contributed by atoms with Crippen molar-refractivity contribution >= 4 is 21.7 Å². The highest BCUT2D eigenvalue weighted by molar-refractivity contribution is 9.09. The quantitative estimate of drug-likeness (QED) is 0.752. The number of hydrogen-bond acceptors (Lipinski definition) is 3. The van der Waals surface area contributed by atoms with Crippen molar-refractivity contribution in [3.8, 4) is 5.75 Å². The third kappa shape index (κ3) is 3.37. The van der Waals surface area contributed by atoms with Gasteiger partial charge in [0, 0.05) is 24.6 Å². The molecule has 0 radical (unpaired) electrons. The molecule has 18 heavy (non-hydrogen) atoms. The van der Waals surface area contributed by atoms with E-state index < -0.39 is 0 Å². The fourth-order valence-corrected chi connectivity index (χ4v) is 3.01. The second-order valence-corrected chi connectivity index (χ2v) is 5.54. The van der Waals surface area contributed by atoms with Crippen molar-refractivity contribution < 1.29 is 4.74 Å². The van der Waals surface area contributed by atoms with Gasteiger partial charge in [-0.05, 0) is 37.3 Å². The van der Waals surface area contributed by atoms with Crippen LogP contribution in [0.1, 0.15) is 26.2 Å². The van der Waals surface area contributed by atoms with E-state index in [2.05, 4.69) is 32.7 Å². The van der Waals surface area contributed by atoms with Crippen molar-refractivity contribution in [3.63, 3.8) is 0 Å². The Bertz CT molecular complexity index is 373. The lowest BCUT2D eigenvalue weighted by molar-refractivity contribution is 0.316. The van der Waals surface area contributed by atoms with Crippen LogP contribution in [0.15, 0.2) is 18.3 Å². The van der Waals surface area contributed by atoms with E-state index >= 15 is 0 Å². The van der Waals surface area contributed by atoms with Crippen LogP contribution in [0.4, 0.5) is 5.82 Å². The molecule has 1 aliphatic heterocycles. The molecule has 1 aromatic rings. The van der Waals surface area contributed by atoms with Crippen molar-refractivity contribution in [2.24, 2.45) is 5.92 Å². The molecule has 0 bridgehead atoms. The molecule has 0 aliphatic carbocycles. The van der Waals surface area contributed by atoms with Crippen molar-refractivity contribution in [1.82, 2.24) is 4.98 Å². The van der Waals surface area contributed by atoms with Gasteiger partial charge in [-0.25, -0.2) is 4.98 Å².